The maximum atomic E-state index is 13.1. The van der Waals surface area contributed by atoms with Gasteiger partial charge in [0, 0.05) is 10.6 Å². The van der Waals surface area contributed by atoms with Gasteiger partial charge in [-0.1, -0.05) is 77.8 Å². The minimum atomic E-state index is -0.665. The summed E-state index contributed by atoms with van der Waals surface area (Å²) in [4.78, 5) is 39.9. The molecule has 1 aliphatic heterocycles. The second-order valence-electron chi connectivity index (χ2n) is 8.00. The number of esters is 1. The van der Waals surface area contributed by atoms with Gasteiger partial charge >= 0.3 is 5.97 Å². The van der Waals surface area contributed by atoms with E-state index in [1.54, 1.807) is 36.4 Å². The fraction of sp³-hybridized carbons (Fsp3) is 0.0357. The van der Waals surface area contributed by atoms with E-state index in [9.17, 15) is 14.4 Å². The van der Waals surface area contributed by atoms with Crippen LogP contribution in [0.3, 0.4) is 0 Å². The molecule has 0 N–H and O–H groups in total. The molecule has 4 aromatic carbocycles. The highest BCUT2D eigenvalue weighted by molar-refractivity contribution is 8.18. The summed E-state index contributed by atoms with van der Waals surface area (Å²) >= 11 is 12.9. The van der Waals surface area contributed by atoms with Gasteiger partial charge in [0.05, 0.1) is 22.0 Å². The lowest BCUT2D eigenvalue weighted by molar-refractivity contribution is -0.123. The minimum Gasteiger partial charge on any atom is -0.422 e. The van der Waals surface area contributed by atoms with Gasteiger partial charge in [-0.05, 0) is 64.5 Å². The predicted octanol–water partition coefficient (Wildman–Crippen LogP) is 7.60. The van der Waals surface area contributed by atoms with Crippen LogP contribution in [0.4, 0.5) is 4.79 Å². The highest BCUT2D eigenvalue weighted by Crippen LogP contribution is 2.35. The Morgan fingerprint density at radius 3 is 2.44 bits per heavy atom. The van der Waals surface area contributed by atoms with E-state index in [0.717, 1.165) is 28.1 Å². The molecule has 1 heterocycles. The molecule has 0 aliphatic carbocycles. The van der Waals surface area contributed by atoms with Crippen molar-refractivity contribution in [3.05, 3.63) is 117 Å². The second kappa shape index (κ2) is 10.2. The van der Waals surface area contributed by atoms with E-state index >= 15 is 0 Å². The number of fused-ring (bicyclic) bond motifs is 1. The first-order chi connectivity index (χ1) is 17.4. The van der Waals surface area contributed by atoms with Gasteiger partial charge in [0.15, 0.2) is 0 Å². The number of halogens is 2. The molecule has 178 valence electrons. The number of benzene rings is 4. The first kappa shape index (κ1) is 24.1. The standard InChI is InChI=1S/C28H17Cl2NO4S/c29-21-11-12-22(23(30)15-21)27(33)35-24-8-4-3-7-20(24)14-25-26(32)31(28(34)36-25)16-17-9-10-18-5-1-2-6-19(18)13-17/h1-15H,16H2/b25-14-. The molecule has 0 aromatic heterocycles. The van der Waals surface area contributed by atoms with Crippen LogP contribution in [-0.2, 0) is 11.3 Å². The van der Waals surface area contributed by atoms with Crippen molar-refractivity contribution in [3.63, 3.8) is 0 Å². The summed E-state index contributed by atoms with van der Waals surface area (Å²) in [5.41, 5.74) is 1.49. The Morgan fingerprint density at radius 1 is 0.889 bits per heavy atom. The van der Waals surface area contributed by atoms with E-state index in [1.807, 2.05) is 42.5 Å². The summed E-state index contributed by atoms with van der Waals surface area (Å²) in [6.45, 7) is 0.165. The molecule has 36 heavy (non-hydrogen) atoms. The number of amides is 2. The molecule has 1 fully saturated rings. The lowest BCUT2D eigenvalue weighted by Crippen LogP contribution is -2.27. The molecule has 8 heteroatoms. The molecular formula is C28H17Cl2NO4S. The van der Waals surface area contributed by atoms with Gasteiger partial charge in [-0.3, -0.25) is 14.5 Å². The first-order valence-corrected chi connectivity index (χ1v) is 12.5. The zero-order valence-corrected chi connectivity index (χ0v) is 20.9. The van der Waals surface area contributed by atoms with Crippen molar-refractivity contribution in [2.45, 2.75) is 6.54 Å². The van der Waals surface area contributed by atoms with Crippen LogP contribution < -0.4 is 4.74 Å². The molecule has 0 unspecified atom stereocenters. The molecule has 0 atom stereocenters. The number of para-hydroxylation sites is 1. The third-order valence-electron chi connectivity index (χ3n) is 5.59. The van der Waals surface area contributed by atoms with Crippen LogP contribution in [0.5, 0.6) is 5.75 Å². The zero-order valence-electron chi connectivity index (χ0n) is 18.6. The van der Waals surface area contributed by atoms with Crippen molar-refractivity contribution < 1.29 is 19.1 Å². The number of ether oxygens (including phenoxy) is 1. The largest absolute Gasteiger partial charge is 0.422 e. The normalized spacial score (nSPS) is 14.6. The Bertz CT molecular complexity index is 1570. The molecule has 5 rings (SSSR count). The molecule has 4 aromatic rings. The Morgan fingerprint density at radius 2 is 1.64 bits per heavy atom. The maximum Gasteiger partial charge on any atom is 0.345 e. The topological polar surface area (TPSA) is 63.7 Å². The van der Waals surface area contributed by atoms with Crippen LogP contribution in [0.15, 0.2) is 89.8 Å². The monoisotopic (exact) mass is 533 g/mol. The van der Waals surface area contributed by atoms with E-state index in [4.69, 9.17) is 27.9 Å². The van der Waals surface area contributed by atoms with Gasteiger partial charge in [-0.2, -0.15) is 0 Å². The molecule has 1 aliphatic rings. The van der Waals surface area contributed by atoms with Crippen molar-refractivity contribution >= 4 is 68.9 Å². The fourth-order valence-electron chi connectivity index (χ4n) is 3.80. The summed E-state index contributed by atoms with van der Waals surface area (Å²) in [6.07, 6.45) is 1.55. The number of nitrogens with zero attached hydrogens (tertiary/aromatic N) is 1. The number of carbonyl (C=O) groups excluding carboxylic acids is 3. The maximum absolute atomic E-state index is 13.1. The number of imide groups is 1. The zero-order chi connectivity index (χ0) is 25.2. The fourth-order valence-corrected chi connectivity index (χ4v) is 5.11. The van der Waals surface area contributed by atoms with Crippen molar-refractivity contribution in [1.29, 1.82) is 0 Å². The summed E-state index contributed by atoms with van der Waals surface area (Å²) in [6, 6.07) is 25.0. The number of hydrogen-bond acceptors (Lipinski definition) is 5. The lowest BCUT2D eigenvalue weighted by Gasteiger charge is -2.13. The number of hydrogen-bond donors (Lipinski definition) is 0. The molecule has 0 spiro atoms. The molecule has 0 bridgehead atoms. The molecule has 0 saturated carbocycles. The Kier molecular flexibility index (Phi) is 6.83. The van der Waals surface area contributed by atoms with Gasteiger partial charge in [-0.25, -0.2) is 4.79 Å². The summed E-state index contributed by atoms with van der Waals surface area (Å²) in [5, 5.41) is 2.33. The molecule has 2 amide bonds. The SMILES string of the molecule is O=C(Oc1ccccc1/C=C1\SC(=O)N(Cc2ccc3ccccc3c2)C1=O)c1ccc(Cl)cc1Cl. The molecule has 5 nitrogen and oxygen atoms in total. The third kappa shape index (κ3) is 5.02. The van der Waals surface area contributed by atoms with E-state index < -0.39 is 11.9 Å². The number of rotatable bonds is 5. The van der Waals surface area contributed by atoms with Crippen LogP contribution in [-0.4, -0.2) is 22.0 Å². The van der Waals surface area contributed by atoms with Crippen molar-refractivity contribution in [1.82, 2.24) is 4.90 Å². The lowest BCUT2D eigenvalue weighted by atomic mass is 10.1. The molecule has 1 saturated heterocycles. The highest BCUT2D eigenvalue weighted by Gasteiger charge is 2.35. The average molecular weight is 534 g/mol. The number of thioether (sulfide) groups is 1. The first-order valence-electron chi connectivity index (χ1n) is 10.9. The van der Waals surface area contributed by atoms with Crippen LogP contribution >= 0.6 is 35.0 Å². The van der Waals surface area contributed by atoms with Crippen molar-refractivity contribution in [2.75, 3.05) is 0 Å². The van der Waals surface area contributed by atoms with Gasteiger partial charge in [0.25, 0.3) is 11.1 Å². The van der Waals surface area contributed by atoms with Gasteiger partial charge in [0.2, 0.25) is 0 Å². The van der Waals surface area contributed by atoms with Crippen molar-refractivity contribution in [2.24, 2.45) is 0 Å². The highest BCUT2D eigenvalue weighted by atomic mass is 35.5. The average Bonchev–Trinajstić information content (AvgIpc) is 3.12. The quantitative estimate of drug-likeness (QED) is 0.150. The molecular weight excluding hydrogens is 517 g/mol. The predicted molar refractivity (Wildman–Crippen MR) is 143 cm³/mol. The van der Waals surface area contributed by atoms with E-state index in [-0.39, 0.29) is 33.0 Å². The Labute approximate surface area is 221 Å². The van der Waals surface area contributed by atoms with E-state index in [2.05, 4.69) is 0 Å². The van der Waals surface area contributed by atoms with E-state index in [1.165, 1.54) is 17.0 Å². The Hall–Kier alpha value is -3.58. The van der Waals surface area contributed by atoms with Crippen molar-refractivity contribution in [3.8, 4) is 5.75 Å². The smallest absolute Gasteiger partial charge is 0.345 e. The van der Waals surface area contributed by atoms with Crippen LogP contribution in [0.25, 0.3) is 16.8 Å². The summed E-state index contributed by atoms with van der Waals surface area (Å²) < 4.78 is 5.56. The van der Waals surface area contributed by atoms with Crippen LogP contribution in [0.1, 0.15) is 21.5 Å². The Balaban J connectivity index is 1.37. The van der Waals surface area contributed by atoms with E-state index in [0.29, 0.717) is 10.6 Å². The molecule has 0 radical (unpaired) electrons. The number of carbonyl (C=O) groups is 3. The third-order valence-corrected chi connectivity index (χ3v) is 7.04. The summed E-state index contributed by atoms with van der Waals surface area (Å²) in [7, 11) is 0. The minimum absolute atomic E-state index is 0.159. The van der Waals surface area contributed by atoms with Crippen LogP contribution in [0.2, 0.25) is 10.0 Å². The second-order valence-corrected chi connectivity index (χ2v) is 9.84. The van der Waals surface area contributed by atoms with Crippen LogP contribution in [0, 0.1) is 0 Å². The van der Waals surface area contributed by atoms with Gasteiger partial charge in [-0.15, -0.1) is 0 Å². The van der Waals surface area contributed by atoms with Gasteiger partial charge in [0.1, 0.15) is 5.75 Å². The van der Waals surface area contributed by atoms with Gasteiger partial charge < -0.3 is 4.74 Å². The summed E-state index contributed by atoms with van der Waals surface area (Å²) in [5.74, 6) is -0.836.